The summed E-state index contributed by atoms with van der Waals surface area (Å²) in [5.41, 5.74) is 8.58. The first-order chi connectivity index (χ1) is 17.6. The average Bonchev–Trinajstić information content (AvgIpc) is 3.02. The lowest BCUT2D eigenvalue weighted by molar-refractivity contribution is -0.119. The molecule has 7 nitrogen and oxygen atoms in total. The molecule has 0 aromatic heterocycles. The van der Waals surface area contributed by atoms with E-state index >= 15 is 0 Å². The lowest BCUT2D eigenvalue weighted by Gasteiger charge is -2.33. The Balaban J connectivity index is 1.13. The van der Waals surface area contributed by atoms with Gasteiger partial charge in [0.25, 0.3) is 5.91 Å². The van der Waals surface area contributed by atoms with Crippen LogP contribution in [0.3, 0.4) is 0 Å². The highest BCUT2D eigenvalue weighted by atomic mass is 16.2. The molecule has 2 saturated heterocycles. The molecule has 3 aliphatic heterocycles. The number of unbranched alkanes of at least 4 members (excludes halogenated alkanes) is 1. The molecule has 3 N–H and O–H groups in total. The van der Waals surface area contributed by atoms with Crippen LogP contribution >= 0.6 is 0 Å². The summed E-state index contributed by atoms with van der Waals surface area (Å²) >= 11 is 0. The molecule has 2 aromatic rings. The highest BCUT2D eigenvalue weighted by Gasteiger charge is 2.30. The Hall–Kier alpha value is -2.74. The number of para-hydroxylation sites is 3. The minimum atomic E-state index is -0.182. The van der Waals surface area contributed by atoms with Crippen molar-refractivity contribution in [1.29, 1.82) is 0 Å². The number of fused-ring (bicyclic) bond motifs is 2. The van der Waals surface area contributed by atoms with E-state index in [1.54, 1.807) is 11.0 Å². The third-order valence-corrected chi connectivity index (χ3v) is 8.07. The maximum Gasteiger partial charge on any atom is 0.257 e. The van der Waals surface area contributed by atoms with Crippen molar-refractivity contribution in [2.75, 3.05) is 49.5 Å². The maximum atomic E-state index is 13.6. The van der Waals surface area contributed by atoms with Crippen LogP contribution in [0.5, 0.6) is 0 Å². The predicted molar refractivity (Wildman–Crippen MR) is 145 cm³/mol. The Bertz CT molecular complexity index is 1060. The fourth-order valence-electron chi connectivity index (χ4n) is 5.86. The molecule has 192 valence electrons. The van der Waals surface area contributed by atoms with Gasteiger partial charge in [0, 0.05) is 6.04 Å². The lowest BCUT2D eigenvalue weighted by atomic mass is 9.91. The fourth-order valence-corrected chi connectivity index (χ4v) is 5.86. The van der Waals surface area contributed by atoms with Gasteiger partial charge in [0.1, 0.15) is 0 Å². The second-order valence-electron chi connectivity index (χ2n) is 10.6. The molecule has 2 amide bonds. The summed E-state index contributed by atoms with van der Waals surface area (Å²) in [5, 5.41) is 2.96. The zero-order chi connectivity index (χ0) is 24.9. The van der Waals surface area contributed by atoms with Crippen molar-refractivity contribution >= 4 is 28.9 Å². The molecule has 0 spiro atoms. The van der Waals surface area contributed by atoms with Crippen molar-refractivity contribution in [3.05, 3.63) is 54.1 Å². The van der Waals surface area contributed by atoms with Crippen LogP contribution in [0.2, 0.25) is 0 Å². The summed E-state index contributed by atoms with van der Waals surface area (Å²) in [6, 6.07) is 15.3. The van der Waals surface area contributed by atoms with Gasteiger partial charge >= 0.3 is 0 Å². The van der Waals surface area contributed by atoms with Gasteiger partial charge in [-0.1, -0.05) is 37.1 Å². The van der Waals surface area contributed by atoms with Crippen molar-refractivity contribution < 1.29 is 9.59 Å². The number of likely N-dealkylation sites (tertiary alicyclic amines) is 2. The molecule has 0 atom stereocenters. The monoisotopic (exact) mass is 489 g/mol. The minimum Gasteiger partial charge on any atom is -0.328 e. The van der Waals surface area contributed by atoms with Gasteiger partial charge in [0.05, 0.1) is 29.2 Å². The molecule has 3 aliphatic rings. The van der Waals surface area contributed by atoms with E-state index in [0.29, 0.717) is 29.5 Å². The second-order valence-corrected chi connectivity index (χ2v) is 10.6. The lowest BCUT2D eigenvalue weighted by Crippen LogP contribution is -2.42. The SMILES string of the molecule is NC1CCN(CCCCC2CCN(CC(=O)N3c4ccccc4NC(=O)c4ccccc43)CC2)CC1. The van der Waals surface area contributed by atoms with Crippen molar-refractivity contribution in [2.45, 2.75) is 51.0 Å². The molecule has 5 rings (SSSR count). The molecular weight excluding hydrogens is 450 g/mol. The summed E-state index contributed by atoms with van der Waals surface area (Å²) < 4.78 is 0. The number of hydrogen-bond donors (Lipinski definition) is 2. The number of nitrogens with one attached hydrogen (secondary N) is 1. The Morgan fingerprint density at radius 2 is 1.53 bits per heavy atom. The standard InChI is InChI=1S/C29H39N5O2/c30-23-14-19-32(20-15-23)16-6-5-7-22-12-17-33(18-13-22)21-28(35)34-26-10-3-1-8-24(26)29(36)31-25-9-2-4-11-27(25)34/h1-4,8-11,22-23H,5-7,12-21,30H2,(H,31,36). The predicted octanol–water partition coefficient (Wildman–Crippen LogP) is 4.22. The first kappa shape index (κ1) is 24.9. The van der Waals surface area contributed by atoms with E-state index in [1.165, 1.54) is 25.8 Å². The first-order valence-corrected chi connectivity index (χ1v) is 13.6. The smallest absolute Gasteiger partial charge is 0.257 e. The average molecular weight is 490 g/mol. The molecule has 0 radical (unpaired) electrons. The van der Waals surface area contributed by atoms with Crippen molar-refractivity contribution in [2.24, 2.45) is 11.7 Å². The number of carbonyl (C=O) groups excluding carboxylic acids is 2. The van der Waals surface area contributed by atoms with Crippen molar-refractivity contribution in [3.8, 4) is 0 Å². The Morgan fingerprint density at radius 3 is 2.31 bits per heavy atom. The number of anilines is 3. The number of carbonyl (C=O) groups is 2. The van der Waals surface area contributed by atoms with E-state index in [9.17, 15) is 9.59 Å². The number of benzene rings is 2. The Morgan fingerprint density at radius 1 is 0.861 bits per heavy atom. The number of piperidine rings is 2. The van der Waals surface area contributed by atoms with Gasteiger partial charge in [-0.2, -0.15) is 0 Å². The summed E-state index contributed by atoms with van der Waals surface area (Å²) in [5.74, 6) is 0.580. The minimum absolute atomic E-state index is 0.00565. The van der Waals surface area contributed by atoms with Gasteiger partial charge in [-0.3, -0.25) is 19.4 Å². The first-order valence-electron chi connectivity index (χ1n) is 13.6. The summed E-state index contributed by atoms with van der Waals surface area (Å²) in [6.45, 7) is 5.79. The van der Waals surface area contributed by atoms with Crippen LogP contribution in [-0.4, -0.2) is 66.9 Å². The number of hydrogen-bond acceptors (Lipinski definition) is 5. The zero-order valence-corrected chi connectivity index (χ0v) is 21.2. The van der Waals surface area contributed by atoms with Crippen molar-refractivity contribution in [1.82, 2.24) is 9.80 Å². The molecule has 2 aromatic carbocycles. The van der Waals surface area contributed by atoms with Crippen LogP contribution in [-0.2, 0) is 4.79 Å². The largest absolute Gasteiger partial charge is 0.328 e. The molecular formula is C29H39N5O2. The fraction of sp³-hybridized carbons (Fsp3) is 0.517. The molecule has 2 fully saturated rings. The Kier molecular flexibility index (Phi) is 7.99. The quantitative estimate of drug-likeness (QED) is 0.569. The van der Waals surface area contributed by atoms with Crippen LogP contribution in [0, 0.1) is 5.92 Å². The van der Waals surface area contributed by atoms with E-state index in [0.717, 1.165) is 63.5 Å². The number of nitrogens with two attached hydrogens (primary N) is 1. The molecule has 0 unspecified atom stereocenters. The number of amides is 2. The van der Waals surface area contributed by atoms with Gasteiger partial charge < -0.3 is 16.0 Å². The van der Waals surface area contributed by atoms with E-state index in [2.05, 4.69) is 15.1 Å². The molecule has 3 heterocycles. The molecule has 0 saturated carbocycles. The maximum absolute atomic E-state index is 13.6. The molecule has 36 heavy (non-hydrogen) atoms. The molecule has 0 bridgehead atoms. The number of nitrogens with zero attached hydrogens (tertiary/aromatic N) is 3. The normalized spacial score (nSPS) is 19.9. The van der Waals surface area contributed by atoms with Gasteiger partial charge in [-0.15, -0.1) is 0 Å². The van der Waals surface area contributed by atoms with Gasteiger partial charge in [-0.05, 0) is 95.0 Å². The third-order valence-electron chi connectivity index (χ3n) is 8.07. The van der Waals surface area contributed by atoms with E-state index in [1.807, 2.05) is 42.5 Å². The van der Waals surface area contributed by atoms with Gasteiger partial charge in [-0.25, -0.2) is 0 Å². The van der Waals surface area contributed by atoms with Crippen LogP contribution in [0.15, 0.2) is 48.5 Å². The van der Waals surface area contributed by atoms with E-state index in [-0.39, 0.29) is 11.8 Å². The van der Waals surface area contributed by atoms with Crippen molar-refractivity contribution in [3.63, 3.8) is 0 Å². The summed E-state index contributed by atoms with van der Waals surface area (Å²) in [7, 11) is 0. The summed E-state index contributed by atoms with van der Waals surface area (Å²) in [4.78, 5) is 33.0. The zero-order valence-electron chi connectivity index (χ0n) is 21.2. The third kappa shape index (κ3) is 5.80. The molecule has 0 aliphatic carbocycles. The highest BCUT2D eigenvalue weighted by Crippen LogP contribution is 2.38. The van der Waals surface area contributed by atoms with Gasteiger partial charge in [0.2, 0.25) is 5.91 Å². The summed E-state index contributed by atoms with van der Waals surface area (Å²) in [6.07, 6.45) is 8.42. The van der Waals surface area contributed by atoms with Crippen LogP contribution in [0.25, 0.3) is 0 Å². The van der Waals surface area contributed by atoms with Crippen LogP contribution in [0.1, 0.15) is 55.3 Å². The second kappa shape index (κ2) is 11.5. The highest BCUT2D eigenvalue weighted by molar-refractivity contribution is 6.17. The molecule has 7 heteroatoms. The van der Waals surface area contributed by atoms with Gasteiger partial charge in [0.15, 0.2) is 0 Å². The van der Waals surface area contributed by atoms with E-state index < -0.39 is 0 Å². The Labute approximate surface area is 214 Å². The van der Waals surface area contributed by atoms with E-state index in [4.69, 9.17) is 5.73 Å². The van der Waals surface area contributed by atoms with Crippen LogP contribution in [0.4, 0.5) is 17.1 Å². The van der Waals surface area contributed by atoms with Crippen LogP contribution < -0.4 is 16.0 Å². The number of rotatable bonds is 7. The topological polar surface area (TPSA) is 81.9 Å².